The summed E-state index contributed by atoms with van der Waals surface area (Å²) in [6.45, 7) is 10.8. The highest BCUT2D eigenvalue weighted by Gasteiger charge is 2.11. The van der Waals surface area contributed by atoms with E-state index in [1.165, 1.54) is 12.8 Å². The first-order chi connectivity index (χ1) is 9.78. The lowest BCUT2D eigenvalue weighted by atomic mass is 10.2. The zero-order chi connectivity index (χ0) is 15.1. The van der Waals surface area contributed by atoms with E-state index >= 15 is 0 Å². The Bertz CT molecular complexity index is 167. The Kier molecular flexibility index (Phi) is 15.1. The fourth-order valence-electron chi connectivity index (χ4n) is 2.01. The minimum absolute atomic E-state index is 0.140. The lowest BCUT2D eigenvalue weighted by molar-refractivity contribution is -0.319. The molecule has 4 nitrogen and oxygen atoms in total. The van der Waals surface area contributed by atoms with Crippen molar-refractivity contribution in [3.8, 4) is 0 Å². The van der Waals surface area contributed by atoms with E-state index in [0.29, 0.717) is 13.2 Å². The summed E-state index contributed by atoms with van der Waals surface area (Å²) in [5.41, 5.74) is 0. The van der Waals surface area contributed by atoms with E-state index < -0.39 is 0 Å². The van der Waals surface area contributed by atoms with E-state index in [-0.39, 0.29) is 12.2 Å². The highest BCUT2D eigenvalue weighted by atomic mass is 17.2. The third-order valence-electron chi connectivity index (χ3n) is 3.16. The van der Waals surface area contributed by atoms with Gasteiger partial charge in [-0.2, -0.15) is 0 Å². The molecular weight excluding hydrogens is 256 g/mol. The zero-order valence-corrected chi connectivity index (χ0v) is 13.9. The van der Waals surface area contributed by atoms with Gasteiger partial charge in [-0.05, 0) is 26.7 Å². The fourth-order valence-corrected chi connectivity index (χ4v) is 2.01. The van der Waals surface area contributed by atoms with E-state index in [1.54, 1.807) is 0 Å². The van der Waals surface area contributed by atoms with E-state index in [9.17, 15) is 0 Å². The van der Waals surface area contributed by atoms with Gasteiger partial charge in [0.05, 0.1) is 12.2 Å². The van der Waals surface area contributed by atoms with Crippen LogP contribution in [-0.2, 0) is 19.2 Å². The van der Waals surface area contributed by atoms with Crippen LogP contribution in [-0.4, -0.2) is 38.6 Å². The maximum absolute atomic E-state index is 5.63. The Morgan fingerprint density at radius 3 is 1.35 bits per heavy atom. The van der Waals surface area contributed by atoms with Crippen molar-refractivity contribution < 1.29 is 19.2 Å². The number of hydrogen-bond donors (Lipinski definition) is 0. The Morgan fingerprint density at radius 1 is 0.650 bits per heavy atom. The van der Waals surface area contributed by atoms with Gasteiger partial charge in [-0.25, -0.2) is 9.78 Å². The van der Waals surface area contributed by atoms with Gasteiger partial charge in [0.1, 0.15) is 13.2 Å². The Labute approximate surface area is 125 Å². The lowest BCUT2D eigenvalue weighted by Crippen LogP contribution is -2.24. The molecule has 2 unspecified atom stereocenters. The zero-order valence-electron chi connectivity index (χ0n) is 13.9. The summed E-state index contributed by atoms with van der Waals surface area (Å²) in [6.07, 6.45) is 7.00. The summed E-state index contributed by atoms with van der Waals surface area (Å²) >= 11 is 0. The van der Waals surface area contributed by atoms with E-state index in [2.05, 4.69) is 13.8 Å². The predicted octanol–water partition coefficient (Wildman–Crippen LogP) is 4.13. The van der Waals surface area contributed by atoms with Crippen LogP contribution in [0.15, 0.2) is 0 Å². The van der Waals surface area contributed by atoms with Crippen LogP contribution in [0.1, 0.15) is 66.2 Å². The average Bonchev–Trinajstić information content (AvgIpc) is 2.46. The molecule has 2 atom stereocenters. The molecule has 0 aromatic rings. The Morgan fingerprint density at radius 2 is 1.05 bits per heavy atom. The second kappa shape index (κ2) is 15.2. The highest BCUT2D eigenvalue weighted by molar-refractivity contribution is 4.57. The minimum atomic E-state index is 0.140. The van der Waals surface area contributed by atoms with Gasteiger partial charge in [-0.1, -0.05) is 39.5 Å². The number of hydrogen-bond acceptors (Lipinski definition) is 4. The molecule has 0 aliphatic heterocycles. The van der Waals surface area contributed by atoms with Gasteiger partial charge in [-0.3, -0.25) is 0 Å². The van der Waals surface area contributed by atoms with Gasteiger partial charge in [0.2, 0.25) is 0 Å². The Balaban J connectivity index is 3.75. The first kappa shape index (κ1) is 19.8. The average molecular weight is 290 g/mol. The molecule has 0 aromatic carbocycles. The third-order valence-corrected chi connectivity index (χ3v) is 3.16. The highest BCUT2D eigenvalue weighted by Crippen LogP contribution is 2.08. The molecule has 4 heteroatoms. The van der Waals surface area contributed by atoms with Crippen molar-refractivity contribution in [1.82, 2.24) is 0 Å². The molecule has 0 spiro atoms. The van der Waals surface area contributed by atoms with Gasteiger partial charge in [0.15, 0.2) is 0 Å². The molecule has 0 heterocycles. The molecule has 0 saturated carbocycles. The smallest absolute Gasteiger partial charge is 0.108 e. The maximum atomic E-state index is 5.63. The second-order valence-electron chi connectivity index (χ2n) is 5.01. The van der Waals surface area contributed by atoms with Crippen LogP contribution in [0.5, 0.6) is 0 Å². The molecule has 0 N–H and O–H groups in total. The summed E-state index contributed by atoms with van der Waals surface area (Å²) < 4.78 is 11.3. The molecule has 20 heavy (non-hydrogen) atoms. The quantitative estimate of drug-likeness (QED) is 0.258. The van der Waals surface area contributed by atoms with Gasteiger partial charge in [-0.15, -0.1) is 0 Å². The van der Waals surface area contributed by atoms with E-state index in [1.807, 2.05) is 13.8 Å². The molecule has 122 valence electrons. The molecule has 0 aliphatic carbocycles. The third kappa shape index (κ3) is 11.6. The molecule has 0 bridgehead atoms. The number of rotatable bonds is 15. The summed E-state index contributed by atoms with van der Waals surface area (Å²) in [5.74, 6) is 0. The van der Waals surface area contributed by atoms with Crippen LogP contribution in [0.4, 0.5) is 0 Å². The molecule has 0 amide bonds. The second-order valence-corrected chi connectivity index (χ2v) is 5.01. The van der Waals surface area contributed by atoms with Crippen LogP contribution in [0.25, 0.3) is 0 Å². The van der Waals surface area contributed by atoms with Gasteiger partial charge in [0, 0.05) is 13.2 Å². The molecule has 0 radical (unpaired) electrons. The first-order valence-corrected chi connectivity index (χ1v) is 8.25. The van der Waals surface area contributed by atoms with Crippen molar-refractivity contribution in [2.24, 2.45) is 0 Å². The number of ether oxygens (including phenoxy) is 2. The lowest BCUT2D eigenvalue weighted by Gasteiger charge is -2.19. The maximum Gasteiger partial charge on any atom is 0.108 e. The Hall–Kier alpha value is -0.160. The van der Waals surface area contributed by atoms with Crippen LogP contribution in [0, 0.1) is 0 Å². The molecule has 0 fully saturated rings. The van der Waals surface area contributed by atoms with Crippen molar-refractivity contribution in [2.45, 2.75) is 78.4 Å². The number of unbranched alkanes of at least 4 members (excludes halogenated alkanes) is 2. The summed E-state index contributed by atoms with van der Waals surface area (Å²) in [6, 6.07) is 0. The van der Waals surface area contributed by atoms with Crippen molar-refractivity contribution in [2.75, 3.05) is 26.4 Å². The molecular formula is C16H34O4. The van der Waals surface area contributed by atoms with Gasteiger partial charge in [0.25, 0.3) is 0 Å². The van der Waals surface area contributed by atoms with Crippen molar-refractivity contribution in [3.63, 3.8) is 0 Å². The molecule has 0 rings (SSSR count). The molecule has 0 saturated heterocycles. The van der Waals surface area contributed by atoms with Crippen LogP contribution >= 0.6 is 0 Å². The van der Waals surface area contributed by atoms with Gasteiger partial charge < -0.3 is 9.47 Å². The van der Waals surface area contributed by atoms with Crippen molar-refractivity contribution in [3.05, 3.63) is 0 Å². The minimum Gasteiger partial charge on any atom is -0.376 e. The van der Waals surface area contributed by atoms with Gasteiger partial charge >= 0.3 is 0 Å². The fraction of sp³-hybridized carbons (Fsp3) is 1.00. The molecule has 0 aromatic heterocycles. The molecule has 0 aliphatic rings. The predicted molar refractivity (Wildman–Crippen MR) is 81.8 cm³/mol. The standard InChI is InChI=1S/C16H34O4/c1-5-9-11-15(17-7-3)13-19-20-14-16(18-8-4)12-10-6-2/h15-16H,5-14H2,1-4H3. The van der Waals surface area contributed by atoms with Crippen LogP contribution in [0.3, 0.4) is 0 Å². The van der Waals surface area contributed by atoms with E-state index in [0.717, 1.165) is 38.9 Å². The summed E-state index contributed by atoms with van der Waals surface area (Å²) in [7, 11) is 0. The normalized spacial score (nSPS) is 14.4. The topological polar surface area (TPSA) is 36.9 Å². The largest absolute Gasteiger partial charge is 0.376 e. The summed E-state index contributed by atoms with van der Waals surface area (Å²) in [4.78, 5) is 10.6. The first-order valence-electron chi connectivity index (χ1n) is 8.25. The summed E-state index contributed by atoms with van der Waals surface area (Å²) in [5, 5.41) is 0. The van der Waals surface area contributed by atoms with Crippen molar-refractivity contribution in [1.29, 1.82) is 0 Å². The monoisotopic (exact) mass is 290 g/mol. The van der Waals surface area contributed by atoms with Crippen LogP contribution < -0.4 is 0 Å². The van der Waals surface area contributed by atoms with E-state index in [4.69, 9.17) is 19.2 Å². The SMILES string of the molecule is CCCCC(COOCC(CCCC)OCC)OCC. The van der Waals surface area contributed by atoms with Crippen molar-refractivity contribution >= 4 is 0 Å². The van der Waals surface area contributed by atoms with Crippen LogP contribution in [0.2, 0.25) is 0 Å².